The summed E-state index contributed by atoms with van der Waals surface area (Å²) in [4.78, 5) is 37.6. The van der Waals surface area contributed by atoms with Crippen molar-refractivity contribution < 1.29 is 24.5 Å². The molecule has 1 aliphatic heterocycles. The van der Waals surface area contributed by atoms with Crippen molar-refractivity contribution in [1.82, 2.24) is 9.13 Å². The number of aliphatic carboxylic acids is 1. The first kappa shape index (κ1) is 25.1. The molecule has 0 bridgehead atoms. The summed E-state index contributed by atoms with van der Waals surface area (Å²) in [6, 6.07) is 15.9. The number of aromatic hydroxyl groups is 1. The van der Waals surface area contributed by atoms with Gasteiger partial charge in [0, 0.05) is 25.6 Å². The number of allylic oxidation sites excluding steroid dienone is 1. The Morgan fingerprint density at radius 2 is 1.61 bits per heavy atom. The molecule has 1 aliphatic rings. The minimum Gasteiger partial charge on any atom is -0.508 e. The minimum atomic E-state index is -1.08. The van der Waals surface area contributed by atoms with Crippen LogP contribution < -0.4 is 10.4 Å². The molecule has 8 nitrogen and oxygen atoms in total. The van der Waals surface area contributed by atoms with Crippen LogP contribution in [0.25, 0.3) is 17.1 Å². The third kappa shape index (κ3) is 4.18. The zero-order chi connectivity index (χ0) is 27.3. The molecule has 0 fully saturated rings. The molecule has 5 rings (SSSR count). The average Bonchev–Trinajstić information content (AvgIpc) is 3.31. The van der Waals surface area contributed by atoms with Crippen LogP contribution in [0.15, 0.2) is 65.2 Å². The van der Waals surface area contributed by atoms with Crippen LogP contribution in [-0.2, 0) is 18.9 Å². The van der Waals surface area contributed by atoms with Crippen molar-refractivity contribution in [3.63, 3.8) is 0 Å². The Bertz CT molecular complexity index is 1690. The molecule has 0 saturated heterocycles. The van der Waals surface area contributed by atoms with E-state index in [0.717, 1.165) is 5.56 Å². The fourth-order valence-electron chi connectivity index (χ4n) is 5.03. The van der Waals surface area contributed by atoms with Gasteiger partial charge in [0.25, 0.3) is 0 Å². The van der Waals surface area contributed by atoms with Gasteiger partial charge >= 0.3 is 11.7 Å². The highest BCUT2D eigenvalue weighted by Crippen LogP contribution is 2.46. The fraction of sp³-hybridized carbons (Fsp3) is 0.233. The van der Waals surface area contributed by atoms with E-state index in [1.807, 2.05) is 24.3 Å². The van der Waals surface area contributed by atoms with E-state index in [1.165, 1.54) is 26.8 Å². The monoisotopic (exact) mass is 512 g/mol. The maximum atomic E-state index is 13.2. The lowest BCUT2D eigenvalue weighted by Gasteiger charge is -2.20. The quantitative estimate of drug-likeness (QED) is 0.355. The number of Topliss-reactive ketones (excluding diaryl/α,β-unsaturated/α-hetero) is 1. The van der Waals surface area contributed by atoms with E-state index in [9.17, 15) is 24.6 Å². The van der Waals surface area contributed by atoms with E-state index < -0.39 is 11.9 Å². The highest BCUT2D eigenvalue weighted by atomic mass is 16.5. The molecule has 2 N–H and O–H groups in total. The van der Waals surface area contributed by atoms with E-state index in [-0.39, 0.29) is 46.3 Å². The van der Waals surface area contributed by atoms with Crippen LogP contribution in [0.4, 0.5) is 0 Å². The third-order valence-electron chi connectivity index (χ3n) is 7.18. The Balaban J connectivity index is 1.61. The molecule has 3 aromatic carbocycles. The van der Waals surface area contributed by atoms with E-state index in [4.69, 9.17) is 4.74 Å². The van der Waals surface area contributed by atoms with Gasteiger partial charge in [0.2, 0.25) is 5.78 Å². The van der Waals surface area contributed by atoms with Crippen molar-refractivity contribution in [2.45, 2.75) is 32.1 Å². The molecule has 0 unspecified atom stereocenters. The number of aromatic nitrogens is 2. The van der Waals surface area contributed by atoms with Crippen LogP contribution in [0.2, 0.25) is 0 Å². The second kappa shape index (κ2) is 9.37. The molecular weight excluding hydrogens is 484 g/mol. The summed E-state index contributed by atoms with van der Waals surface area (Å²) in [7, 11) is 3.31. The normalized spacial score (nSPS) is 14.8. The van der Waals surface area contributed by atoms with Gasteiger partial charge in [0.1, 0.15) is 11.5 Å². The number of aryl methyl sites for hydroxylation is 2. The summed E-state index contributed by atoms with van der Waals surface area (Å²) < 4.78 is 9.02. The number of hydrogen-bond acceptors (Lipinski definition) is 5. The molecule has 194 valence electrons. The largest absolute Gasteiger partial charge is 0.508 e. The molecule has 0 saturated carbocycles. The molecule has 38 heavy (non-hydrogen) atoms. The predicted octanol–water partition coefficient (Wildman–Crippen LogP) is 4.93. The molecule has 1 aromatic heterocycles. The van der Waals surface area contributed by atoms with Gasteiger partial charge in [-0.3, -0.25) is 18.7 Å². The van der Waals surface area contributed by atoms with Crippen LogP contribution in [0.5, 0.6) is 11.5 Å². The number of benzene rings is 3. The Morgan fingerprint density at radius 3 is 2.26 bits per heavy atom. The second-order valence-corrected chi connectivity index (χ2v) is 9.94. The van der Waals surface area contributed by atoms with Crippen LogP contribution in [0.1, 0.15) is 64.7 Å². The van der Waals surface area contributed by atoms with E-state index >= 15 is 0 Å². The van der Waals surface area contributed by atoms with Gasteiger partial charge in [-0.2, -0.15) is 0 Å². The van der Waals surface area contributed by atoms with E-state index in [0.29, 0.717) is 22.5 Å². The number of fused-ring (bicyclic) bond motifs is 2. The van der Waals surface area contributed by atoms with Crippen LogP contribution in [0, 0.1) is 0 Å². The molecule has 1 atom stereocenters. The lowest BCUT2D eigenvalue weighted by atomic mass is 9.86. The average molecular weight is 513 g/mol. The fourth-order valence-corrected chi connectivity index (χ4v) is 5.03. The summed E-state index contributed by atoms with van der Waals surface area (Å²) in [6.07, 6.45) is 1.29. The summed E-state index contributed by atoms with van der Waals surface area (Å²) in [6.45, 7) is 4.20. The van der Waals surface area contributed by atoms with Crippen molar-refractivity contribution >= 4 is 28.9 Å². The van der Waals surface area contributed by atoms with E-state index in [1.54, 1.807) is 38.4 Å². The lowest BCUT2D eigenvalue weighted by Crippen LogP contribution is -2.19. The second-order valence-electron chi connectivity index (χ2n) is 9.94. The van der Waals surface area contributed by atoms with Gasteiger partial charge in [-0.15, -0.1) is 0 Å². The standard InChI is InChI=1S/C30H28N2O6/c1-16(2)18-7-5-17(6-8-18)13-25-28(36)20-10-12-24(33)27(29(20)38-25)21(15-26(34)35)19-9-11-22-23(14-19)32(4)30(37)31(22)3/h5-14,16,21,33H,15H2,1-4H3,(H,34,35)/b25-13-/t21-/m1/s1. The summed E-state index contributed by atoms with van der Waals surface area (Å²) in [5.41, 5.74) is 4.11. The smallest absolute Gasteiger partial charge is 0.328 e. The van der Waals surface area contributed by atoms with Crippen LogP contribution in [-0.4, -0.2) is 31.1 Å². The van der Waals surface area contributed by atoms with E-state index in [2.05, 4.69) is 13.8 Å². The topological polar surface area (TPSA) is 111 Å². The number of carboxylic acid groups (broad SMARTS) is 1. The zero-order valence-electron chi connectivity index (χ0n) is 21.6. The number of phenols is 1. The highest BCUT2D eigenvalue weighted by molar-refractivity contribution is 6.15. The maximum Gasteiger partial charge on any atom is 0.328 e. The number of imidazole rings is 1. The van der Waals surface area contributed by atoms with Gasteiger partial charge in [-0.25, -0.2) is 4.79 Å². The summed E-state index contributed by atoms with van der Waals surface area (Å²) in [5.74, 6) is -1.82. The first-order valence-corrected chi connectivity index (χ1v) is 12.3. The van der Waals surface area contributed by atoms with Crippen LogP contribution in [0.3, 0.4) is 0 Å². The number of carbonyl (C=O) groups excluding carboxylic acids is 1. The van der Waals surface area contributed by atoms with Crippen molar-refractivity contribution in [2.75, 3.05) is 0 Å². The van der Waals surface area contributed by atoms with Crippen molar-refractivity contribution in [1.29, 1.82) is 0 Å². The summed E-state index contributed by atoms with van der Waals surface area (Å²) in [5, 5.41) is 20.7. The number of phenolic OH excluding ortho intramolecular Hbond substituents is 1. The number of nitrogens with zero attached hydrogens (tertiary/aromatic N) is 2. The molecule has 0 radical (unpaired) electrons. The number of carbonyl (C=O) groups is 2. The number of hydrogen-bond donors (Lipinski definition) is 2. The Hall–Kier alpha value is -4.59. The predicted molar refractivity (Wildman–Crippen MR) is 144 cm³/mol. The van der Waals surface area contributed by atoms with Crippen molar-refractivity contribution in [3.8, 4) is 11.5 Å². The molecule has 0 aliphatic carbocycles. The lowest BCUT2D eigenvalue weighted by molar-refractivity contribution is -0.137. The highest BCUT2D eigenvalue weighted by Gasteiger charge is 2.35. The molecule has 4 aromatic rings. The first-order valence-electron chi connectivity index (χ1n) is 12.3. The molecule has 8 heteroatoms. The Kier molecular flexibility index (Phi) is 6.18. The SMILES string of the molecule is CC(C)c1ccc(/C=C2\Oc3c(ccc(O)c3[C@H](CC(=O)O)c3ccc4c(c3)n(C)c(=O)n4C)C2=O)cc1. The molecule has 0 spiro atoms. The number of carboxylic acids is 1. The molecule has 2 heterocycles. The zero-order valence-corrected chi connectivity index (χ0v) is 21.6. The molecular formula is C30H28N2O6. The third-order valence-corrected chi connectivity index (χ3v) is 7.18. The number of ketones is 1. The van der Waals surface area contributed by atoms with Gasteiger partial charge in [0.15, 0.2) is 5.76 Å². The first-order chi connectivity index (χ1) is 18.1. The minimum absolute atomic E-state index is 0.0964. The number of rotatable bonds is 6. The number of ether oxygens (including phenoxy) is 1. The van der Waals surface area contributed by atoms with Gasteiger partial charge < -0.3 is 14.9 Å². The summed E-state index contributed by atoms with van der Waals surface area (Å²) >= 11 is 0. The van der Waals surface area contributed by atoms with Crippen LogP contribution >= 0.6 is 0 Å². The Morgan fingerprint density at radius 1 is 0.947 bits per heavy atom. The van der Waals surface area contributed by atoms with Crippen molar-refractivity contribution in [2.24, 2.45) is 14.1 Å². The molecule has 0 amide bonds. The maximum absolute atomic E-state index is 13.2. The van der Waals surface area contributed by atoms with Gasteiger partial charge in [-0.05, 0) is 52.9 Å². The van der Waals surface area contributed by atoms with Crippen molar-refractivity contribution in [3.05, 3.63) is 98.7 Å². The van der Waals surface area contributed by atoms with Gasteiger partial charge in [-0.1, -0.05) is 44.2 Å². The Labute approximate surface area is 219 Å². The van der Waals surface area contributed by atoms with Gasteiger partial charge in [0.05, 0.1) is 23.0 Å².